The van der Waals surface area contributed by atoms with E-state index in [2.05, 4.69) is 40.9 Å². The second-order valence-electron chi connectivity index (χ2n) is 5.47. The standard InChI is InChI=1S/C15H22N2S/c16-7-5-13-10-17(9-12-6-8-18-11-12)15-4-2-1-3-14(13)15/h1-4,12-13H,5-11,16H2. The van der Waals surface area contributed by atoms with E-state index in [1.54, 1.807) is 0 Å². The van der Waals surface area contributed by atoms with Gasteiger partial charge in [-0.1, -0.05) is 18.2 Å². The molecule has 0 radical (unpaired) electrons. The van der Waals surface area contributed by atoms with Crippen molar-refractivity contribution >= 4 is 17.4 Å². The Kier molecular flexibility index (Phi) is 3.80. The molecule has 98 valence electrons. The predicted octanol–water partition coefficient (Wildman–Crippen LogP) is 2.69. The number of hydrogen-bond acceptors (Lipinski definition) is 3. The number of fused-ring (bicyclic) bond motifs is 1. The first-order valence-electron chi connectivity index (χ1n) is 7.00. The molecule has 0 aliphatic carbocycles. The average Bonchev–Trinajstić information content (AvgIpc) is 3.00. The van der Waals surface area contributed by atoms with Gasteiger partial charge in [-0.2, -0.15) is 11.8 Å². The van der Waals surface area contributed by atoms with Crippen LogP contribution in [0.5, 0.6) is 0 Å². The van der Waals surface area contributed by atoms with Crippen LogP contribution < -0.4 is 10.6 Å². The Bertz CT molecular complexity index is 401. The van der Waals surface area contributed by atoms with Gasteiger partial charge in [0.25, 0.3) is 0 Å². The Morgan fingerprint density at radius 1 is 1.33 bits per heavy atom. The predicted molar refractivity (Wildman–Crippen MR) is 80.5 cm³/mol. The van der Waals surface area contributed by atoms with Gasteiger partial charge >= 0.3 is 0 Å². The summed E-state index contributed by atoms with van der Waals surface area (Å²) in [7, 11) is 0. The topological polar surface area (TPSA) is 29.3 Å². The van der Waals surface area contributed by atoms with Gasteiger partial charge in [-0.3, -0.25) is 0 Å². The second-order valence-corrected chi connectivity index (χ2v) is 6.62. The van der Waals surface area contributed by atoms with Crippen LogP contribution in [0.15, 0.2) is 24.3 Å². The molecule has 1 aromatic rings. The van der Waals surface area contributed by atoms with Crippen LogP contribution in [0.25, 0.3) is 0 Å². The lowest BCUT2D eigenvalue weighted by Crippen LogP contribution is -2.28. The van der Waals surface area contributed by atoms with E-state index in [9.17, 15) is 0 Å². The van der Waals surface area contributed by atoms with E-state index in [1.165, 1.54) is 42.3 Å². The van der Waals surface area contributed by atoms with Gasteiger partial charge in [0.05, 0.1) is 0 Å². The molecule has 3 rings (SSSR count). The van der Waals surface area contributed by atoms with Crippen LogP contribution in [0.4, 0.5) is 5.69 Å². The molecule has 1 aromatic carbocycles. The summed E-state index contributed by atoms with van der Waals surface area (Å²) in [5, 5.41) is 0. The highest BCUT2D eigenvalue weighted by atomic mass is 32.2. The first-order valence-corrected chi connectivity index (χ1v) is 8.15. The second kappa shape index (κ2) is 5.54. The summed E-state index contributed by atoms with van der Waals surface area (Å²) in [5.41, 5.74) is 8.74. The van der Waals surface area contributed by atoms with Gasteiger partial charge in [0, 0.05) is 24.7 Å². The van der Waals surface area contributed by atoms with E-state index in [0.717, 1.165) is 18.9 Å². The van der Waals surface area contributed by atoms with Crippen LogP contribution in [0, 0.1) is 5.92 Å². The quantitative estimate of drug-likeness (QED) is 0.904. The molecule has 2 aliphatic rings. The van der Waals surface area contributed by atoms with E-state index in [1.807, 2.05) is 0 Å². The first-order chi connectivity index (χ1) is 8.88. The van der Waals surface area contributed by atoms with Crippen LogP contribution in [0.2, 0.25) is 0 Å². The first kappa shape index (κ1) is 12.4. The minimum absolute atomic E-state index is 0.653. The van der Waals surface area contributed by atoms with E-state index < -0.39 is 0 Å². The van der Waals surface area contributed by atoms with Gasteiger partial charge in [0.15, 0.2) is 0 Å². The average molecular weight is 262 g/mol. The number of benzene rings is 1. The third kappa shape index (κ3) is 2.39. The van der Waals surface area contributed by atoms with Crippen molar-refractivity contribution in [1.82, 2.24) is 0 Å². The van der Waals surface area contributed by atoms with Crippen LogP contribution in [-0.4, -0.2) is 31.1 Å². The zero-order chi connectivity index (χ0) is 12.4. The van der Waals surface area contributed by atoms with Crippen molar-refractivity contribution in [2.45, 2.75) is 18.8 Å². The maximum atomic E-state index is 5.75. The molecule has 0 amide bonds. The largest absolute Gasteiger partial charge is 0.370 e. The highest BCUT2D eigenvalue weighted by Crippen LogP contribution is 2.39. The zero-order valence-electron chi connectivity index (χ0n) is 10.8. The maximum Gasteiger partial charge on any atom is 0.0402 e. The molecule has 2 N–H and O–H groups in total. The number of hydrogen-bond donors (Lipinski definition) is 1. The number of nitrogens with zero attached hydrogens (tertiary/aromatic N) is 1. The van der Waals surface area contributed by atoms with E-state index in [-0.39, 0.29) is 0 Å². The number of rotatable bonds is 4. The van der Waals surface area contributed by atoms with E-state index in [0.29, 0.717) is 5.92 Å². The van der Waals surface area contributed by atoms with E-state index in [4.69, 9.17) is 5.73 Å². The molecule has 0 saturated carbocycles. The van der Waals surface area contributed by atoms with Crippen molar-refractivity contribution < 1.29 is 0 Å². The third-order valence-electron chi connectivity index (χ3n) is 4.18. The van der Waals surface area contributed by atoms with Crippen LogP contribution in [0.3, 0.4) is 0 Å². The van der Waals surface area contributed by atoms with Gasteiger partial charge in [0.2, 0.25) is 0 Å². The van der Waals surface area contributed by atoms with Crippen LogP contribution in [0.1, 0.15) is 24.3 Å². The van der Waals surface area contributed by atoms with E-state index >= 15 is 0 Å². The van der Waals surface area contributed by atoms with Crippen molar-refractivity contribution in [1.29, 1.82) is 0 Å². The fourth-order valence-electron chi connectivity index (χ4n) is 3.24. The van der Waals surface area contributed by atoms with Crippen molar-refractivity contribution in [3.05, 3.63) is 29.8 Å². The molecule has 2 heterocycles. The Morgan fingerprint density at radius 3 is 3.00 bits per heavy atom. The monoisotopic (exact) mass is 262 g/mol. The van der Waals surface area contributed by atoms with Crippen molar-refractivity contribution in [3.8, 4) is 0 Å². The van der Waals surface area contributed by atoms with Gasteiger partial charge < -0.3 is 10.6 Å². The molecular formula is C15H22N2S. The Balaban J connectivity index is 1.76. The molecule has 0 spiro atoms. The highest BCUT2D eigenvalue weighted by molar-refractivity contribution is 7.99. The Morgan fingerprint density at radius 2 is 2.22 bits per heavy atom. The number of thioether (sulfide) groups is 1. The minimum atomic E-state index is 0.653. The molecule has 2 unspecified atom stereocenters. The van der Waals surface area contributed by atoms with Crippen LogP contribution in [-0.2, 0) is 0 Å². The SMILES string of the molecule is NCCC1CN(CC2CCSC2)c2ccccc21. The molecule has 3 heteroatoms. The fourth-order valence-corrected chi connectivity index (χ4v) is 4.52. The number of nitrogens with two attached hydrogens (primary N) is 1. The molecule has 2 nitrogen and oxygen atoms in total. The molecule has 18 heavy (non-hydrogen) atoms. The molecule has 0 bridgehead atoms. The number of anilines is 1. The lowest BCUT2D eigenvalue weighted by molar-refractivity contribution is 0.558. The summed E-state index contributed by atoms with van der Waals surface area (Å²) in [6, 6.07) is 8.91. The summed E-state index contributed by atoms with van der Waals surface area (Å²) >= 11 is 2.11. The molecule has 2 atom stereocenters. The molecule has 1 fully saturated rings. The summed E-state index contributed by atoms with van der Waals surface area (Å²) in [6.45, 7) is 3.22. The van der Waals surface area contributed by atoms with Gasteiger partial charge in [-0.15, -0.1) is 0 Å². The van der Waals surface area contributed by atoms with Gasteiger partial charge in [-0.05, 0) is 48.4 Å². The van der Waals surface area contributed by atoms with Crippen molar-refractivity contribution in [2.24, 2.45) is 11.7 Å². The summed E-state index contributed by atoms with van der Waals surface area (Å²) in [4.78, 5) is 2.60. The van der Waals surface area contributed by atoms with Gasteiger partial charge in [0.1, 0.15) is 0 Å². The lowest BCUT2D eigenvalue weighted by atomic mass is 9.98. The normalized spacial score (nSPS) is 26.6. The number of para-hydroxylation sites is 1. The Hall–Kier alpha value is -0.670. The minimum Gasteiger partial charge on any atom is -0.370 e. The summed E-state index contributed by atoms with van der Waals surface area (Å²) < 4.78 is 0. The third-order valence-corrected chi connectivity index (χ3v) is 5.41. The summed E-state index contributed by atoms with van der Waals surface area (Å²) in [5.74, 6) is 4.24. The molecular weight excluding hydrogens is 240 g/mol. The lowest BCUT2D eigenvalue weighted by Gasteiger charge is -2.23. The van der Waals surface area contributed by atoms with Crippen LogP contribution >= 0.6 is 11.8 Å². The van der Waals surface area contributed by atoms with Crippen molar-refractivity contribution in [2.75, 3.05) is 36.0 Å². The fraction of sp³-hybridized carbons (Fsp3) is 0.600. The molecule has 2 aliphatic heterocycles. The van der Waals surface area contributed by atoms with Gasteiger partial charge in [-0.25, -0.2) is 0 Å². The smallest absolute Gasteiger partial charge is 0.0402 e. The highest BCUT2D eigenvalue weighted by Gasteiger charge is 2.29. The Labute approximate surface area is 114 Å². The molecule has 1 saturated heterocycles. The maximum absolute atomic E-state index is 5.75. The summed E-state index contributed by atoms with van der Waals surface area (Å²) in [6.07, 6.45) is 2.51. The van der Waals surface area contributed by atoms with Crippen molar-refractivity contribution in [3.63, 3.8) is 0 Å². The molecule has 0 aromatic heterocycles. The zero-order valence-corrected chi connectivity index (χ0v) is 11.7.